The fourth-order valence-corrected chi connectivity index (χ4v) is 1.80. The second-order valence-corrected chi connectivity index (χ2v) is 4.51. The van der Waals surface area contributed by atoms with Crippen molar-refractivity contribution in [2.45, 2.75) is 32.5 Å². The minimum Gasteiger partial charge on any atom is -0.491 e. The standard InChI is InChI=1S/C13H19NO3/c1-9(2)16-12-5-10(14)6-13(7-12)17-11-3-4-15-8-11/h5-7,9,11H,3-4,8,14H2,1-2H3. The molecule has 0 bridgehead atoms. The number of nitrogen functional groups attached to an aromatic ring is 1. The van der Waals surface area contributed by atoms with E-state index in [0.29, 0.717) is 12.3 Å². The summed E-state index contributed by atoms with van der Waals surface area (Å²) in [5.41, 5.74) is 6.47. The summed E-state index contributed by atoms with van der Waals surface area (Å²) in [6.07, 6.45) is 1.18. The van der Waals surface area contributed by atoms with Crippen molar-refractivity contribution in [3.63, 3.8) is 0 Å². The quantitative estimate of drug-likeness (QED) is 0.816. The van der Waals surface area contributed by atoms with Crippen LogP contribution in [0.5, 0.6) is 11.5 Å². The van der Waals surface area contributed by atoms with Gasteiger partial charge in [-0.3, -0.25) is 0 Å². The van der Waals surface area contributed by atoms with Crippen molar-refractivity contribution >= 4 is 5.69 Å². The van der Waals surface area contributed by atoms with Gasteiger partial charge < -0.3 is 19.9 Å². The summed E-state index contributed by atoms with van der Waals surface area (Å²) in [5, 5.41) is 0. The molecular weight excluding hydrogens is 218 g/mol. The van der Waals surface area contributed by atoms with Gasteiger partial charge in [-0.15, -0.1) is 0 Å². The summed E-state index contributed by atoms with van der Waals surface area (Å²) >= 11 is 0. The molecule has 2 N–H and O–H groups in total. The second kappa shape index (κ2) is 5.27. The van der Waals surface area contributed by atoms with Crippen LogP contribution in [0.2, 0.25) is 0 Å². The van der Waals surface area contributed by atoms with Crippen LogP contribution in [0.25, 0.3) is 0 Å². The van der Waals surface area contributed by atoms with Crippen LogP contribution in [-0.2, 0) is 4.74 Å². The van der Waals surface area contributed by atoms with Crippen molar-refractivity contribution in [3.8, 4) is 11.5 Å². The summed E-state index contributed by atoms with van der Waals surface area (Å²) in [5.74, 6) is 1.49. The molecular formula is C13H19NO3. The van der Waals surface area contributed by atoms with Crippen molar-refractivity contribution < 1.29 is 14.2 Å². The third kappa shape index (κ3) is 3.53. The molecule has 0 amide bonds. The molecule has 4 nitrogen and oxygen atoms in total. The van der Waals surface area contributed by atoms with Gasteiger partial charge in [0.1, 0.15) is 17.6 Å². The van der Waals surface area contributed by atoms with E-state index >= 15 is 0 Å². The lowest BCUT2D eigenvalue weighted by molar-refractivity contribution is 0.141. The highest BCUT2D eigenvalue weighted by Gasteiger charge is 2.17. The average Bonchev–Trinajstić information content (AvgIpc) is 2.67. The van der Waals surface area contributed by atoms with Crippen LogP contribution in [0.1, 0.15) is 20.3 Å². The fraction of sp³-hybridized carbons (Fsp3) is 0.538. The predicted octanol–water partition coefficient (Wildman–Crippen LogP) is 2.22. The molecule has 1 fully saturated rings. The van der Waals surface area contributed by atoms with Gasteiger partial charge in [0.2, 0.25) is 0 Å². The first kappa shape index (κ1) is 12.0. The number of benzene rings is 1. The molecule has 1 aliphatic heterocycles. The zero-order chi connectivity index (χ0) is 12.3. The molecule has 2 rings (SSSR count). The van der Waals surface area contributed by atoms with Crippen LogP contribution in [0.15, 0.2) is 18.2 Å². The lowest BCUT2D eigenvalue weighted by atomic mass is 10.2. The van der Waals surface area contributed by atoms with Crippen LogP contribution >= 0.6 is 0 Å². The number of ether oxygens (including phenoxy) is 3. The van der Waals surface area contributed by atoms with Crippen molar-refractivity contribution in [1.82, 2.24) is 0 Å². The van der Waals surface area contributed by atoms with Gasteiger partial charge in [0.15, 0.2) is 0 Å². The molecule has 1 aliphatic rings. The molecule has 17 heavy (non-hydrogen) atoms. The largest absolute Gasteiger partial charge is 0.491 e. The number of hydrogen-bond acceptors (Lipinski definition) is 4. The van der Waals surface area contributed by atoms with Crippen molar-refractivity contribution in [2.75, 3.05) is 18.9 Å². The average molecular weight is 237 g/mol. The van der Waals surface area contributed by atoms with Gasteiger partial charge in [-0.05, 0) is 13.8 Å². The van der Waals surface area contributed by atoms with Gasteiger partial charge >= 0.3 is 0 Å². The zero-order valence-corrected chi connectivity index (χ0v) is 10.3. The number of rotatable bonds is 4. The number of hydrogen-bond donors (Lipinski definition) is 1. The summed E-state index contributed by atoms with van der Waals surface area (Å²) < 4.78 is 16.7. The normalized spacial score (nSPS) is 19.6. The lowest BCUT2D eigenvalue weighted by Gasteiger charge is -2.15. The Morgan fingerprint density at radius 3 is 2.71 bits per heavy atom. The second-order valence-electron chi connectivity index (χ2n) is 4.51. The molecule has 0 saturated carbocycles. The van der Waals surface area contributed by atoms with E-state index in [0.717, 1.165) is 24.5 Å². The van der Waals surface area contributed by atoms with Crippen LogP contribution in [-0.4, -0.2) is 25.4 Å². The molecule has 0 aliphatic carbocycles. The molecule has 1 aromatic carbocycles. The SMILES string of the molecule is CC(C)Oc1cc(N)cc(OC2CCOC2)c1. The highest BCUT2D eigenvalue weighted by Crippen LogP contribution is 2.27. The van der Waals surface area contributed by atoms with Gasteiger partial charge in [0, 0.05) is 30.3 Å². The Labute approximate surface area is 102 Å². The maximum Gasteiger partial charge on any atom is 0.125 e. The molecule has 1 atom stereocenters. The van der Waals surface area contributed by atoms with E-state index in [-0.39, 0.29) is 12.2 Å². The smallest absolute Gasteiger partial charge is 0.125 e. The first-order chi connectivity index (χ1) is 8.13. The van der Waals surface area contributed by atoms with Gasteiger partial charge in [-0.1, -0.05) is 0 Å². The van der Waals surface area contributed by atoms with E-state index < -0.39 is 0 Å². The van der Waals surface area contributed by atoms with Gasteiger partial charge in [0.25, 0.3) is 0 Å². The minimum absolute atomic E-state index is 0.125. The van der Waals surface area contributed by atoms with Gasteiger partial charge in [0.05, 0.1) is 19.3 Å². The molecule has 0 radical (unpaired) electrons. The van der Waals surface area contributed by atoms with Crippen LogP contribution < -0.4 is 15.2 Å². The van der Waals surface area contributed by atoms with Gasteiger partial charge in [-0.25, -0.2) is 0 Å². The molecule has 1 heterocycles. The fourth-order valence-electron chi connectivity index (χ4n) is 1.80. The Morgan fingerprint density at radius 2 is 2.06 bits per heavy atom. The molecule has 0 aromatic heterocycles. The zero-order valence-electron chi connectivity index (χ0n) is 10.3. The predicted molar refractivity (Wildman–Crippen MR) is 66.5 cm³/mol. The van der Waals surface area contributed by atoms with E-state index in [2.05, 4.69) is 0 Å². The summed E-state index contributed by atoms with van der Waals surface area (Å²) in [7, 11) is 0. The molecule has 1 unspecified atom stereocenters. The van der Waals surface area contributed by atoms with Crippen molar-refractivity contribution in [1.29, 1.82) is 0 Å². The first-order valence-electron chi connectivity index (χ1n) is 5.95. The van der Waals surface area contributed by atoms with Crippen LogP contribution in [0.4, 0.5) is 5.69 Å². The Bertz CT molecular complexity index is 373. The molecule has 1 saturated heterocycles. The number of anilines is 1. The third-order valence-corrected chi connectivity index (χ3v) is 2.46. The molecule has 4 heteroatoms. The highest BCUT2D eigenvalue weighted by molar-refractivity contribution is 5.50. The van der Waals surface area contributed by atoms with E-state index in [1.54, 1.807) is 6.07 Å². The maximum atomic E-state index is 5.82. The molecule has 1 aromatic rings. The maximum absolute atomic E-state index is 5.82. The van der Waals surface area contributed by atoms with Crippen molar-refractivity contribution in [2.24, 2.45) is 0 Å². The van der Waals surface area contributed by atoms with Crippen LogP contribution in [0, 0.1) is 0 Å². The first-order valence-corrected chi connectivity index (χ1v) is 5.95. The highest BCUT2D eigenvalue weighted by atomic mass is 16.5. The van der Waals surface area contributed by atoms with Crippen molar-refractivity contribution in [3.05, 3.63) is 18.2 Å². The Kier molecular flexibility index (Phi) is 3.74. The van der Waals surface area contributed by atoms with E-state index in [9.17, 15) is 0 Å². The van der Waals surface area contributed by atoms with E-state index in [1.165, 1.54) is 0 Å². The third-order valence-electron chi connectivity index (χ3n) is 2.46. The lowest BCUT2D eigenvalue weighted by Crippen LogP contribution is -2.16. The Balaban J connectivity index is 2.07. The summed E-state index contributed by atoms with van der Waals surface area (Å²) in [6, 6.07) is 5.48. The van der Waals surface area contributed by atoms with Gasteiger partial charge in [-0.2, -0.15) is 0 Å². The number of nitrogens with two attached hydrogens (primary N) is 1. The van der Waals surface area contributed by atoms with E-state index in [4.69, 9.17) is 19.9 Å². The van der Waals surface area contributed by atoms with E-state index in [1.807, 2.05) is 26.0 Å². The summed E-state index contributed by atoms with van der Waals surface area (Å²) in [6.45, 7) is 5.38. The topological polar surface area (TPSA) is 53.7 Å². The Hall–Kier alpha value is -1.42. The molecule has 94 valence electrons. The monoisotopic (exact) mass is 237 g/mol. The summed E-state index contributed by atoms with van der Waals surface area (Å²) in [4.78, 5) is 0. The van der Waals surface area contributed by atoms with Crippen LogP contribution in [0.3, 0.4) is 0 Å². The minimum atomic E-state index is 0.125. The molecule has 0 spiro atoms. The Morgan fingerprint density at radius 1 is 1.29 bits per heavy atom.